The molecule has 1 aromatic carbocycles. The number of hydrogen-bond acceptors (Lipinski definition) is 2. The number of rotatable bonds is 5. The van der Waals surface area contributed by atoms with Crippen molar-refractivity contribution in [2.45, 2.75) is 13.8 Å². The van der Waals surface area contributed by atoms with E-state index < -0.39 is 5.97 Å². The van der Waals surface area contributed by atoms with Crippen LogP contribution >= 0.6 is 11.6 Å². The van der Waals surface area contributed by atoms with E-state index in [1.54, 1.807) is 18.2 Å². The molecule has 0 atom stereocenters. The minimum Gasteiger partial charge on any atom is -0.489 e. The van der Waals surface area contributed by atoms with Crippen LogP contribution in [0.3, 0.4) is 0 Å². The summed E-state index contributed by atoms with van der Waals surface area (Å²) < 4.78 is 5.56. The molecule has 4 heteroatoms. The van der Waals surface area contributed by atoms with Crippen molar-refractivity contribution >= 4 is 23.6 Å². The molecule has 1 aromatic rings. The average Bonchev–Trinajstić information content (AvgIpc) is 2.28. The van der Waals surface area contributed by atoms with Crippen molar-refractivity contribution in [2.75, 3.05) is 6.61 Å². The van der Waals surface area contributed by atoms with E-state index in [0.29, 0.717) is 22.9 Å². The van der Waals surface area contributed by atoms with Gasteiger partial charge in [-0.05, 0) is 44.2 Å². The van der Waals surface area contributed by atoms with Crippen LogP contribution in [-0.4, -0.2) is 17.7 Å². The van der Waals surface area contributed by atoms with Crippen molar-refractivity contribution in [2.24, 2.45) is 0 Å². The van der Waals surface area contributed by atoms with Crippen LogP contribution in [0.2, 0.25) is 5.02 Å². The third-order valence-electron chi connectivity index (χ3n) is 2.11. The van der Waals surface area contributed by atoms with E-state index >= 15 is 0 Å². The van der Waals surface area contributed by atoms with Crippen molar-refractivity contribution in [3.63, 3.8) is 0 Å². The molecular formula is C14H15ClO3. The minimum absolute atomic E-state index is 0.442. The molecule has 0 radical (unpaired) electrons. The van der Waals surface area contributed by atoms with Gasteiger partial charge in [-0.25, -0.2) is 4.79 Å². The van der Waals surface area contributed by atoms with Gasteiger partial charge in [0.1, 0.15) is 12.4 Å². The molecule has 0 saturated heterocycles. The summed E-state index contributed by atoms with van der Waals surface area (Å²) >= 11 is 5.87. The summed E-state index contributed by atoms with van der Waals surface area (Å²) in [7, 11) is 0. The van der Waals surface area contributed by atoms with Gasteiger partial charge in [-0.3, -0.25) is 0 Å². The lowest BCUT2D eigenvalue weighted by molar-refractivity contribution is -0.131. The van der Waals surface area contributed by atoms with Crippen LogP contribution in [-0.2, 0) is 4.79 Å². The smallest absolute Gasteiger partial charge is 0.328 e. The SMILES string of the molecule is CC(C)=CCOc1ccc(Cl)cc1/C=C/C(=O)O. The zero-order valence-corrected chi connectivity index (χ0v) is 11.1. The van der Waals surface area contributed by atoms with Gasteiger partial charge in [0.05, 0.1) is 0 Å². The third kappa shape index (κ3) is 5.06. The lowest BCUT2D eigenvalue weighted by atomic mass is 10.2. The highest BCUT2D eigenvalue weighted by Gasteiger charge is 2.02. The summed E-state index contributed by atoms with van der Waals surface area (Å²) in [4.78, 5) is 10.5. The number of allylic oxidation sites excluding steroid dienone is 1. The Hall–Kier alpha value is -1.74. The Kier molecular flexibility index (Phi) is 5.46. The summed E-state index contributed by atoms with van der Waals surface area (Å²) in [6.07, 6.45) is 4.46. The molecule has 0 bridgehead atoms. The van der Waals surface area contributed by atoms with Crippen molar-refractivity contribution in [3.8, 4) is 5.75 Å². The summed E-state index contributed by atoms with van der Waals surface area (Å²) in [6.45, 7) is 4.41. The summed E-state index contributed by atoms with van der Waals surface area (Å²) in [5.41, 5.74) is 1.80. The second-order valence-electron chi connectivity index (χ2n) is 3.95. The molecule has 0 spiro atoms. The van der Waals surface area contributed by atoms with E-state index in [0.717, 1.165) is 11.6 Å². The fourth-order valence-corrected chi connectivity index (χ4v) is 1.42. The number of benzene rings is 1. The van der Waals surface area contributed by atoms with Crippen molar-refractivity contribution in [1.29, 1.82) is 0 Å². The van der Waals surface area contributed by atoms with E-state index in [-0.39, 0.29) is 0 Å². The molecule has 0 saturated carbocycles. The highest BCUT2D eigenvalue weighted by atomic mass is 35.5. The lowest BCUT2D eigenvalue weighted by Gasteiger charge is -2.07. The maximum Gasteiger partial charge on any atom is 0.328 e. The van der Waals surface area contributed by atoms with Crippen LogP contribution in [0.5, 0.6) is 5.75 Å². The molecule has 1 rings (SSSR count). The van der Waals surface area contributed by atoms with Crippen LogP contribution in [0.4, 0.5) is 0 Å². The van der Waals surface area contributed by atoms with Crippen molar-refractivity contribution < 1.29 is 14.6 Å². The largest absolute Gasteiger partial charge is 0.489 e. The second kappa shape index (κ2) is 6.87. The quantitative estimate of drug-likeness (QED) is 0.652. The maximum atomic E-state index is 10.5. The van der Waals surface area contributed by atoms with Crippen LogP contribution < -0.4 is 4.74 Å². The van der Waals surface area contributed by atoms with E-state index in [9.17, 15) is 4.79 Å². The predicted octanol–water partition coefficient (Wildman–Crippen LogP) is 3.78. The van der Waals surface area contributed by atoms with Crippen molar-refractivity contribution in [3.05, 3.63) is 46.5 Å². The van der Waals surface area contributed by atoms with Crippen LogP contribution in [0, 0.1) is 0 Å². The first-order chi connectivity index (χ1) is 8.49. The third-order valence-corrected chi connectivity index (χ3v) is 2.34. The van der Waals surface area contributed by atoms with Gasteiger partial charge in [-0.15, -0.1) is 0 Å². The Morgan fingerprint density at radius 3 is 2.78 bits per heavy atom. The molecule has 0 aliphatic rings. The number of hydrogen-bond donors (Lipinski definition) is 1. The van der Waals surface area contributed by atoms with E-state index in [2.05, 4.69) is 0 Å². The highest BCUT2D eigenvalue weighted by molar-refractivity contribution is 6.30. The molecule has 3 nitrogen and oxygen atoms in total. The maximum absolute atomic E-state index is 10.5. The Labute approximate surface area is 111 Å². The number of ether oxygens (including phenoxy) is 1. The highest BCUT2D eigenvalue weighted by Crippen LogP contribution is 2.24. The van der Waals surface area contributed by atoms with Gasteiger partial charge in [0.25, 0.3) is 0 Å². The van der Waals surface area contributed by atoms with Gasteiger partial charge >= 0.3 is 5.97 Å². The molecule has 1 N–H and O–H groups in total. The first-order valence-electron chi connectivity index (χ1n) is 5.46. The average molecular weight is 267 g/mol. The Morgan fingerprint density at radius 1 is 1.44 bits per heavy atom. The van der Waals surface area contributed by atoms with Crippen LogP contribution in [0.25, 0.3) is 6.08 Å². The molecule has 0 aliphatic heterocycles. The Bertz CT molecular complexity index is 486. The monoisotopic (exact) mass is 266 g/mol. The van der Waals surface area contributed by atoms with Gasteiger partial charge in [-0.1, -0.05) is 17.2 Å². The first kappa shape index (κ1) is 14.3. The Balaban J connectivity index is 2.89. The molecule has 96 valence electrons. The van der Waals surface area contributed by atoms with Crippen molar-refractivity contribution in [1.82, 2.24) is 0 Å². The molecule has 0 aliphatic carbocycles. The van der Waals surface area contributed by atoms with Gasteiger partial charge in [0, 0.05) is 16.7 Å². The van der Waals surface area contributed by atoms with Gasteiger partial charge < -0.3 is 9.84 Å². The summed E-state index contributed by atoms with van der Waals surface area (Å²) in [6, 6.07) is 5.10. The Morgan fingerprint density at radius 2 is 2.17 bits per heavy atom. The number of carbonyl (C=O) groups is 1. The molecule has 0 aromatic heterocycles. The summed E-state index contributed by atoms with van der Waals surface area (Å²) in [5, 5.41) is 9.15. The number of aliphatic carboxylic acids is 1. The normalized spacial score (nSPS) is 10.4. The fraction of sp³-hybridized carbons (Fsp3) is 0.214. The molecular weight excluding hydrogens is 252 g/mol. The zero-order chi connectivity index (χ0) is 13.5. The number of halogens is 1. The molecule has 0 fully saturated rings. The van der Waals surface area contributed by atoms with Gasteiger partial charge in [0.2, 0.25) is 0 Å². The van der Waals surface area contributed by atoms with Crippen LogP contribution in [0.1, 0.15) is 19.4 Å². The van der Waals surface area contributed by atoms with E-state index in [1.807, 2.05) is 19.9 Å². The number of carboxylic acids is 1. The minimum atomic E-state index is -1.01. The van der Waals surface area contributed by atoms with Gasteiger partial charge in [0.15, 0.2) is 0 Å². The fourth-order valence-electron chi connectivity index (χ4n) is 1.24. The lowest BCUT2D eigenvalue weighted by Crippen LogP contribution is -1.96. The summed E-state index contributed by atoms with van der Waals surface area (Å²) in [5.74, 6) is -0.403. The van der Waals surface area contributed by atoms with E-state index in [1.165, 1.54) is 6.08 Å². The molecule has 0 amide bonds. The topological polar surface area (TPSA) is 46.5 Å². The zero-order valence-electron chi connectivity index (χ0n) is 10.3. The number of carboxylic acid groups (broad SMARTS) is 1. The predicted molar refractivity (Wildman–Crippen MR) is 73.0 cm³/mol. The van der Waals surface area contributed by atoms with E-state index in [4.69, 9.17) is 21.4 Å². The molecule has 18 heavy (non-hydrogen) atoms. The molecule has 0 heterocycles. The second-order valence-corrected chi connectivity index (χ2v) is 4.38. The standard InChI is InChI=1S/C14H15ClO3/c1-10(2)7-8-18-13-5-4-12(15)9-11(13)3-6-14(16)17/h3-7,9H,8H2,1-2H3,(H,16,17)/b6-3+. The molecule has 0 unspecified atom stereocenters. The van der Waals surface area contributed by atoms with Crippen LogP contribution in [0.15, 0.2) is 35.9 Å². The van der Waals surface area contributed by atoms with Gasteiger partial charge in [-0.2, -0.15) is 0 Å². The first-order valence-corrected chi connectivity index (χ1v) is 5.83.